The Bertz CT molecular complexity index is 583. The van der Waals surface area contributed by atoms with Gasteiger partial charge in [-0.2, -0.15) is 0 Å². The van der Waals surface area contributed by atoms with Gasteiger partial charge in [-0.3, -0.25) is 9.59 Å². The van der Waals surface area contributed by atoms with E-state index in [1.165, 1.54) is 0 Å². The highest BCUT2D eigenvalue weighted by Gasteiger charge is 2.26. The fourth-order valence-electron chi connectivity index (χ4n) is 3.79. The van der Waals surface area contributed by atoms with Gasteiger partial charge in [0.1, 0.15) is 11.6 Å². The van der Waals surface area contributed by atoms with Gasteiger partial charge >= 0.3 is 0 Å². The molecule has 1 aromatic heterocycles. The van der Waals surface area contributed by atoms with Crippen LogP contribution in [0.1, 0.15) is 51.4 Å². The lowest BCUT2D eigenvalue weighted by Crippen LogP contribution is -2.33. The van der Waals surface area contributed by atoms with Gasteiger partial charge in [0.15, 0.2) is 0 Å². The first-order chi connectivity index (χ1) is 12.5. The molecule has 0 unspecified atom stereocenters. The number of aromatic nitrogens is 1. The zero-order chi connectivity index (χ0) is 18.5. The molecular weight excluding hydrogens is 330 g/mol. The third kappa shape index (κ3) is 5.02. The Morgan fingerprint density at radius 1 is 0.769 bits per heavy atom. The number of rotatable bonds is 4. The molecule has 6 N–H and O–H groups in total. The van der Waals surface area contributed by atoms with Crippen molar-refractivity contribution in [3.05, 3.63) is 18.2 Å². The van der Waals surface area contributed by atoms with Crippen LogP contribution in [0.15, 0.2) is 18.2 Å². The van der Waals surface area contributed by atoms with Crippen molar-refractivity contribution < 1.29 is 9.59 Å². The first-order valence-corrected chi connectivity index (χ1v) is 9.61. The van der Waals surface area contributed by atoms with Gasteiger partial charge in [0.25, 0.3) is 0 Å². The summed E-state index contributed by atoms with van der Waals surface area (Å²) in [5.41, 5.74) is 11.8. The number of carbonyl (C=O) groups excluding carboxylic acids is 2. The van der Waals surface area contributed by atoms with Crippen molar-refractivity contribution in [3.8, 4) is 0 Å². The van der Waals surface area contributed by atoms with Gasteiger partial charge < -0.3 is 22.1 Å². The van der Waals surface area contributed by atoms with Gasteiger partial charge in [0, 0.05) is 23.9 Å². The van der Waals surface area contributed by atoms with Gasteiger partial charge in [0.2, 0.25) is 11.8 Å². The highest BCUT2D eigenvalue weighted by molar-refractivity contribution is 5.93. The van der Waals surface area contributed by atoms with E-state index in [1.54, 1.807) is 18.2 Å². The van der Waals surface area contributed by atoms with E-state index in [9.17, 15) is 9.59 Å². The fraction of sp³-hybridized carbons (Fsp3) is 0.632. The lowest BCUT2D eigenvalue weighted by molar-refractivity contribution is -0.121. The van der Waals surface area contributed by atoms with E-state index in [0.717, 1.165) is 51.4 Å². The van der Waals surface area contributed by atoms with E-state index in [0.29, 0.717) is 11.6 Å². The quantitative estimate of drug-likeness (QED) is 0.655. The molecule has 0 spiro atoms. The number of amides is 2. The number of pyridine rings is 1. The van der Waals surface area contributed by atoms with Crippen molar-refractivity contribution in [1.29, 1.82) is 0 Å². The minimum atomic E-state index is -0.0193. The maximum absolute atomic E-state index is 12.4. The number of carbonyl (C=O) groups is 2. The van der Waals surface area contributed by atoms with Crippen molar-refractivity contribution in [3.63, 3.8) is 0 Å². The molecule has 2 aliphatic carbocycles. The Hall–Kier alpha value is -1.99. The van der Waals surface area contributed by atoms with Crippen molar-refractivity contribution in [1.82, 2.24) is 4.98 Å². The molecule has 0 aliphatic heterocycles. The number of anilines is 2. The third-order valence-corrected chi connectivity index (χ3v) is 5.54. The Balaban J connectivity index is 1.54. The maximum Gasteiger partial charge on any atom is 0.228 e. The first-order valence-electron chi connectivity index (χ1n) is 9.61. The summed E-state index contributed by atoms with van der Waals surface area (Å²) in [7, 11) is 0. The molecule has 0 atom stereocenters. The van der Waals surface area contributed by atoms with Crippen LogP contribution in [0.5, 0.6) is 0 Å². The number of hydrogen-bond donors (Lipinski definition) is 4. The minimum absolute atomic E-state index is 0.0127. The average Bonchev–Trinajstić information content (AvgIpc) is 2.63. The highest BCUT2D eigenvalue weighted by Crippen LogP contribution is 2.26. The molecule has 3 rings (SSSR count). The van der Waals surface area contributed by atoms with Crippen LogP contribution in [-0.2, 0) is 9.59 Å². The number of nitrogens with two attached hydrogens (primary N) is 2. The molecule has 1 heterocycles. The van der Waals surface area contributed by atoms with Crippen LogP contribution >= 0.6 is 0 Å². The first kappa shape index (κ1) is 18.8. The second-order valence-corrected chi connectivity index (χ2v) is 7.61. The summed E-state index contributed by atoms with van der Waals surface area (Å²) in [6, 6.07) is 5.69. The summed E-state index contributed by atoms with van der Waals surface area (Å²) in [5.74, 6) is 0.868. The molecule has 2 fully saturated rings. The number of nitrogens with one attached hydrogen (secondary N) is 2. The molecule has 2 saturated carbocycles. The molecule has 7 heteroatoms. The fourth-order valence-corrected chi connectivity index (χ4v) is 3.79. The molecule has 0 saturated heterocycles. The minimum Gasteiger partial charge on any atom is -0.328 e. The van der Waals surface area contributed by atoms with Crippen molar-refractivity contribution in [2.75, 3.05) is 10.6 Å². The second kappa shape index (κ2) is 8.60. The monoisotopic (exact) mass is 359 g/mol. The molecule has 2 amide bonds. The number of nitrogens with zero attached hydrogens (tertiary/aromatic N) is 1. The van der Waals surface area contributed by atoms with E-state index in [2.05, 4.69) is 15.6 Å². The van der Waals surface area contributed by atoms with Crippen molar-refractivity contribution in [2.24, 2.45) is 23.3 Å². The zero-order valence-corrected chi connectivity index (χ0v) is 15.1. The smallest absolute Gasteiger partial charge is 0.228 e. The van der Waals surface area contributed by atoms with Crippen molar-refractivity contribution >= 4 is 23.5 Å². The topological polar surface area (TPSA) is 123 Å². The maximum atomic E-state index is 12.4. The SMILES string of the molecule is NC1CCC(C(=O)Nc2cccc(NC(=O)C3CCC(N)CC3)n2)CC1. The third-order valence-electron chi connectivity index (χ3n) is 5.54. The molecule has 0 radical (unpaired) electrons. The van der Waals surface area contributed by atoms with Gasteiger partial charge in [0.05, 0.1) is 0 Å². The van der Waals surface area contributed by atoms with E-state index >= 15 is 0 Å². The van der Waals surface area contributed by atoms with Crippen LogP contribution in [0.2, 0.25) is 0 Å². The predicted molar refractivity (Wildman–Crippen MR) is 101 cm³/mol. The summed E-state index contributed by atoms with van der Waals surface area (Å²) < 4.78 is 0. The van der Waals surface area contributed by atoms with Crippen LogP contribution < -0.4 is 22.1 Å². The molecule has 26 heavy (non-hydrogen) atoms. The predicted octanol–water partition coefficient (Wildman–Crippen LogP) is 1.99. The van der Waals surface area contributed by atoms with Gasteiger partial charge in [-0.05, 0) is 63.5 Å². The van der Waals surface area contributed by atoms with Gasteiger partial charge in [-0.25, -0.2) is 4.98 Å². The van der Waals surface area contributed by atoms with E-state index in [-0.39, 0.29) is 35.7 Å². The van der Waals surface area contributed by atoms with Crippen LogP contribution in [0.4, 0.5) is 11.6 Å². The van der Waals surface area contributed by atoms with E-state index in [4.69, 9.17) is 11.5 Å². The van der Waals surface area contributed by atoms with E-state index < -0.39 is 0 Å². The molecule has 0 bridgehead atoms. The van der Waals surface area contributed by atoms with Crippen LogP contribution in [0.25, 0.3) is 0 Å². The molecule has 0 aromatic carbocycles. The average molecular weight is 359 g/mol. The normalized spacial score (nSPS) is 29.0. The summed E-state index contributed by atoms with van der Waals surface area (Å²) >= 11 is 0. The molecule has 1 aromatic rings. The largest absolute Gasteiger partial charge is 0.328 e. The summed E-state index contributed by atoms with van der Waals surface area (Å²) in [5, 5.41) is 5.73. The van der Waals surface area contributed by atoms with Crippen LogP contribution in [-0.4, -0.2) is 28.9 Å². The Kier molecular flexibility index (Phi) is 6.21. The second-order valence-electron chi connectivity index (χ2n) is 7.61. The summed E-state index contributed by atoms with van der Waals surface area (Å²) in [6.45, 7) is 0. The molecular formula is C19H29N5O2. The summed E-state index contributed by atoms with van der Waals surface area (Å²) in [4.78, 5) is 29.1. The summed E-state index contributed by atoms with van der Waals surface area (Å²) in [6.07, 6.45) is 6.78. The van der Waals surface area contributed by atoms with E-state index in [1.807, 2.05) is 0 Å². The highest BCUT2D eigenvalue weighted by atomic mass is 16.2. The lowest BCUT2D eigenvalue weighted by Gasteiger charge is -2.25. The Labute approximate surface area is 154 Å². The molecule has 142 valence electrons. The van der Waals surface area contributed by atoms with Crippen LogP contribution in [0.3, 0.4) is 0 Å². The Morgan fingerprint density at radius 3 is 1.54 bits per heavy atom. The van der Waals surface area contributed by atoms with Gasteiger partial charge in [-0.1, -0.05) is 6.07 Å². The lowest BCUT2D eigenvalue weighted by atomic mass is 9.86. The zero-order valence-electron chi connectivity index (χ0n) is 15.1. The Morgan fingerprint density at radius 2 is 1.15 bits per heavy atom. The van der Waals surface area contributed by atoms with Crippen LogP contribution in [0, 0.1) is 11.8 Å². The molecule has 7 nitrogen and oxygen atoms in total. The van der Waals surface area contributed by atoms with Crippen molar-refractivity contribution in [2.45, 2.75) is 63.5 Å². The standard InChI is InChI=1S/C19H29N5O2/c20-14-8-4-12(5-9-14)18(25)23-16-2-1-3-17(22-16)24-19(26)13-6-10-15(21)11-7-13/h1-3,12-15H,4-11,20-21H2,(H2,22,23,24,25,26). The molecule has 2 aliphatic rings. The number of hydrogen-bond acceptors (Lipinski definition) is 5. The van der Waals surface area contributed by atoms with Gasteiger partial charge in [-0.15, -0.1) is 0 Å².